The van der Waals surface area contributed by atoms with Crippen LogP contribution in [-0.2, 0) is 6.18 Å². The molecule has 2 rings (SSSR count). The third-order valence-corrected chi connectivity index (χ3v) is 2.53. The summed E-state index contributed by atoms with van der Waals surface area (Å²) in [5.74, 6) is 0.927. The molecule has 0 saturated carbocycles. The van der Waals surface area contributed by atoms with Gasteiger partial charge >= 0.3 is 6.18 Å². The minimum Gasteiger partial charge on any atom is -0.497 e. The number of methoxy groups -OCH3 is 1. The maximum Gasteiger partial charge on any atom is 0.416 e. The van der Waals surface area contributed by atoms with E-state index >= 15 is 0 Å². The highest BCUT2D eigenvalue weighted by atomic mass is 19.4. The molecular formula is C14H12F3NO2. The quantitative estimate of drug-likeness (QED) is 0.863. The number of anilines is 1. The van der Waals surface area contributed by atoms with Gasteiger partial charge in [0.25, 0.3) is 0 Å². The Morgan fingerprint density at radius 2 is 1.65 bits per heavy atom. The molecule has 0 aromatic heterocycles. The molecular weight excluding hydrogens is 271 g/mol. The van der Waals surface area contributed by atoms with Crippen LogP contribution in [0.3, 0.4) is 0 Å². The monoisotopic (exact) mass is 283 g/mol. The van der Waals surface area contributed by atoms with Crippen LogP contribution in [-0.4, -0.2) is 7.11 Å². The number of nitrogens with two attached hydrogens (primary N) is 1. The molecule has 0 bridgehead atoms. The Hall–Kier alpha value is -2.37. The van der Waals surface area contributed by atoms with Gasteiger partial charge in [-0.2, -0.15) is 13.2 Å². The smallest absolute Gasteiger partial charge is 0.416 e. The molecule has 20 heavy (non-hydrogen) atoms. The normalized spacial score (nSPS) is 11.2. The van der Waals surface area contributed by atoms with Gasteiger partial charge in [0.15, 0.2) is 0 Å². The number of ether oxygens (including phenoxy) is 2. The Labute approximate surface area is 113 Å². The van der Waals surface area contributed by atoms with Crippen LogP contribution in [0.15, 0.2) is 42.5 Å². The SMILES string of the molecule is COc1cccc(Oc2cc(N)cc(C(F)(F)F)c2)c1. The van der Waals surface area contributed by atoms with E-state index in [-0.39, 0.29) is 11.4 Å². The molecule has 0 saturated heterocycles. The number of rotatable bonds is 3. The summed E-state index contributed by atoms with van der Waals surface area (Å²) in [7, 11) is 1.49. The van der Waals surface area contributed by atoms with Gasteiger partial charge in [0.2, 0.25) is 0 Å². The second kappa shape index (κ2) is 5.32. The highest BCUT2D eigenvalue weighted by molar-refractivity contribution is 5.50. The predicted molar refractivity (Wildman–Crippen MR) is 68.9 cm³/mol. The molecule has 2 aromatic carbocycles. The molecule has 0 amide bonds. The lowest BCUT2D eigenvalue weighted by Crippen LogP contribution is -2.06. The van der Waals surface area contributed by atoms with E-state index in [1.165, 1.54) is 13.2 Å². The number of hydrogen-bond acceptors (Lipinski definition) is 3. The van der Waals surface area contributed by atoms with Crippen molar-refractivity contribution in [1.82, 2.24) is 0 Å². The van der Waals surface area contributed by atoms with E-state index in [1.54, 1.807) is 24.3 Å². The molecule has 0 unspecified atom stereocenters. The Morgan fingerprint density at radius 1 is 0.950 bits per heavy atom. The maximum atomic E-state index is 12.7. The minimum absolute atomic E-state index is 0.0160. The number of hydrogen-bond donors (Lipinski definition) is 1. The molecule has 0 aliphatic rings. The van der Waals surface area contributed by atoms with Crippen LogP contribution in [0.1, 0.15) is 5.56 Å². The average molecular weight is 283 g/mol. The van der Waals surface area contributed by atoms with Gasteiger partial charge in [-0.1, -0.05) is 6.07 Å². The van der Waals surface area contributed by atoms with E-state index < -0.39 is 11.7 Å². The lowest BCUT2D eigenvalue weighted by molar-refractivity contribution is -0.137. The molecule has 0 spiro atoms. The zero-order chi connectivity index (χ0) is 14.8. The van der Waals surface area contributed by atoms with Gasteiger partial charge in [-0.15, -0.1) is 0 Å². The first kappa shape index (κ1) is 14.0. The molecule has 0 fully saturated rings. The Morgan fingerprint density at radius 3 is 2.30 bits per heavy atom. The summed E-state index contributed by atoms with van der Waals surface area (Å²) in [4.78, 5) is 0. The van der Waals surface area contributed by atoms with Crippen molar-refractivity contribution in [3.05, 3.63) is 48.0 Å². The molecule has 3 nitrogen and oxygen atoms in total. The van der Waals surface area contributed by atoms with Gasteiger partial charge in [0, 0.05) is 17.8 Å². The average Bonchev–Trinajstić information content (AvgIpc) is 2.37. The number of nitrogen functional groups attached to an aromatic ring is 1. The summed E-state index contributed by atoms with van der Waals surface area (Å²) >= 11 is 0. The van der Waals surface area contributed by atoms with E-state index in [0.29, 0.717) is 11.5 Å². The molecule has 2 aromatic rings. The van der Waals surface area contributed by atoms with Crippen molar-refractivity contribution in [2.45, 2.75) is 6.18 Å². The summed E-state index contributed by atoms with van der Waals surface area (Å²) in [5.41, 5.74) is 4.59. The van der Waals surface area contributed by atoms with Gasteiger partial charge in [-0.25, -0.2) is 0 Å². The first-order chi connectivity index (χ1) is 9.38. The third kappa shape index (κ3) is 3.34. The summed E-state index contributed by atoms with van der Waals surface area (Å²) in [6.07, 6.45) is -4.47. The first-order valence-electron chi connectivity index (χ1n) is 5.68. The molecule has 0 radical (unpaired) electrons. The van der Waals surface area contributed by atoms with Gasteiger partial charge in [0.1, 0.15) is 17.2 Å². The number of alkyl halides is 3. The van der Waals surface area contributed by atoms with Crippen LogP contribution < -0.4 is 15.2 Å². The van der Waals surface area contributed by atoms with Crippen molar-refractivity contribution < 1.29 is 22.6 Å². The Kier molecular flexibility index (Phi) is 3.74. The van der Waals surface area contributed by atoms with Crippen LogP contribution >= 0.6 is 0 Å². The van der Waals surface area contributed by atoms with Crippen LogP contribution in [0.5, 0.6) is 17.2 Å². The van der Waals surface area contributed by atoms with E-state index in [1.807, 2.05) is 0 Å². The first-order valence-corrected chi connectivity index (χ1v) is 5.68. The zero-order valence-corrected chi connectivity index (χ0v) is 10.6. The highest BCUT2D eigenvalue weighted by Gasteiger charge is 2.31. The van der Waals surface area contributed by atoms with Gasteiger partial charge in [-0.3, -0.25) is 0 Å². The summed E-state index contributed by atoms with van der Waals surface area (Å²) in [6, 6.07) is 9.64. The summed E-state index contributed by atoms with van der Waals surface area (Å²) in [5, 5.41) is 0. The van der Waals surface area contributed by atoms with Gasteiger partial charge < -0.3 is 15.2 Å². The highest BCUT2D eigenvalue weighted by Crippen LogP contribution is 2.35. The molecule has 106 valence electrons. The van der Waals surface area contributed by atoms with Crippen LogP contribution in [0.4, 0.5) is 18.9 Å². The molecule has 0 aliphatic heterocycles. The fourth-order valence-corrected chi connectivity index (χ4v) is 1.65. The van der Waals surface area contributed by atoms with Gasteiger partial charge in [-0.05, 0) is 24.3 Å². The molecule has 6 heteroatoms. The van der Waals surface area contributed by atoms with Crippen molar-refractivity contribution in [1.29, 1.82) is 0 Å². The fourth-order valence-electron chi connectivity index (χ4n) is 1.65. The maximum absolute atomic E-state index is 12.7. The predicted octanol–water partition coefficient (Wildman–Crippen LogP) is 4.09. The van der Waals surface area contributed by atoms with Crippen molar-refractivity contribution in [3.63, 3.8) is 0 Å². The van der Waals surface area contributed by atoms with E-state index in [0.717, 1.165) is 12.1 Å². The number of benzene rings is 2. The molecule has 2 N–H and O–H groups in total. The minimum atomic E-state index is -4.47. The van der Waals surface area contributed by atoms with Crippen molar-refractivity contribution in [2.24, 2.45) is 0 Å². The fraction of sp³-hybridized carbons (Fsp3) is 0.143. The van der Waals surface area contributed by atoms with E-state index in [2.05, 4.69) is 0 Å². The van der Waals surface area contributed by atoms with Gasteiger partial charge in [0.05, 0.1) is 12.7 Å². The van der Waals surface area contributed by atoms with Crippen LogP contribution in [0, 0.1) is 0 Å². The van der Waals surface area contributed by atoms with Crippen molar-refractivity contribution >= 4 is 5.69 Å². The van der Waals surface area contributed by atoms with Crippen molar-refractivity contribution in [2.75, 3.05) is 12.8 Å². The topological polar surface area (TPSA) is 44.5 Å². The Bertz CT molecular complexity index is 612. The lowest BCUT2D eigenvalue weighted by Gasteiger charge is -2.12. The second-order valence-electron chi connectivity index (χ2n) is 4.07. The van der Waals surface area contributed by atoms with Crippen LogP contribution in [0.2, 0.25) is 0 Å². The summed E-state index contributed by atoms with van der Waals surface area (Å²) in [6.45, 7) is 0. The zero-order valence-electron chi connectivity index (χ0n) is 10.6. The number of halogens is 3. The van der Waals surface area contributed by atoms with Crippen molar-refractivity contribution in [3.8, 4) is 17.2 Å². The molecule has 0 atom stereocenters. The summed E-state index contributed by atoms with van der Waals surface area (Å²) < 4.78 is 48.4. The van der Waals surface area contributed by atoms with Crippen LogP contribution in [0.25, 0.3) is 0 Å². The largest absolute Gasteiger partial charge is 0.497 e. The standard InChI is InChI=1S/C14H12F3NO2/c1-19-11-3-2-4-12(8-11)20-13-6-9(14(15,16)17)5-10(18)7-13/h2-8H,18H2,1H3. The van der Waals surface area contributed by atoms with E-state index in [9.17, 15) is 13.2 Å². The third-order valence-electron chi connectivity index (χ3n) is 2.53. The van der Waals surface area contributed by atoms with E-state index in [4.69, 9.17) is 15.2 Å². The molecule has 0 heterocycles. The second-order valence-corrected chi connectivity index (χ2v) is 4.07. The Balaban J connectivity index is 2.31. The molecule has 0 aliphatic carbocycles. The lowest BCUT2D eigenvalue weighted by atomic mass is 10.2.